The van der Waals surface area contributed by atoms with Crippen LogP contribution in [0.25, 0.3) is 0 Å². The van der Waals surface area contributed by atoms with Crippen molar-refractivity contribution < 1.29 is 17.7 Å². The molecule has 1 rings (SSSR count). The number of hydrogen-bond donors (Lipinski definition) is 1. The van der Waals surface area contributed by atoms with Crippen LogP contribution in [0, 0.1) is 6.92 Å². The highest BCUT2D eigenvalue weighted by Gasteiger charge is 2.15. The largest absolute Gasteiger partial charge is 0.495 e. The molecular weight excluding hydrogens is 228 g/mol. The minimum atomic E-state index is -4.22. The first-order chi connectivity index (χ1) is 6.36. The van der Waals surface area contributed by atoms with Crippen molar-refractivity contribution in [1.29, 1.82) is 0 Å². The van der Waals surface area contributed by atoms with E-state index in [1.807, 2.05) is 0 Å². The van der Waals surface area contributed by atoms with E-state index in [1.54, 1.807) is 6.92 Å². The summed E-state index contributed by atoms with van der Waals surface area (Å²) in [5, 5.41) is 0.144. The topological polar surface area (TPSA) is 63.6 Å². The number of aryl methyl sites for hydroxylation is 1. The number of halogens is 1. The lowest BCUT2D eigenvalue weighted by molar-refractivity contribution is 0.414. The van der Waals surface area contributed by atoms with Crippen LogP contribution in [-0.4, -0.2) is 20.1 Å². The fraction of sp³-hybridized carbons (Fsp3) is 0.250. The van der Waals surface area contributed by atoms with E-state index < -0.39 is 10.1 Å². The van der Waals surface area contributed by atoms with E-state index in [0.29, 0.717) is 11.3 Å². The number of methoxy groups -OCH3 is 1. The standard InChI is InChI=1S/C8H9ClO4S/c1-5-3-7(13-2)6(9)4-8(5)14(10,11)12/h3-4H,1-2H3,(H,10,11,12). The summed E-state index contributed by atoms with van der Waals surface area (Å²) in [6.07, 6.45) is 0. The maximum Gasteiger partial charge on any atom is 0.294 e. The van der Waals surface area contributed by atoms with E-state index in [2.05, 4.69) is 0 Å². The van der Waals surface area contributed by atoms with Crippen molar-refractivity contribution in [2.24, 2.45) is 0 Å². The third-order valence-corrected chi connectivity index (χ3v) is 3.02. The van der Waals surface area contributed by atoms with Crippen LogP contribution in [0.4, 0.5) is 0 Å². The maximum atomic E-state index is 10.9. The number of benzene rings is 1. The van der Waals surface area contributed by atoms with Crippen LogP contribution in [0.5, 0.6) is 5.75 Å². The van der Waals surface area contributed by atoms with Gasteiger partial charge >= 0.3 is 0 Å². The fourth-order valence-electron chi connectivity index (χ4n) is 1.07. The second kappa shape index (κ2) is 3.76. The minimum Gasteiger partial charge on any atom is -0.495 e. The molecular formula is C8H9ClO4S. The summed E-state index contributed by atoms with van der Waals surface area (Å²) >= 11 is 5.71. The second-order valence-electron chi connectivity index (χ2n) is 2.73. The first kappa shape index (κ1) is 11.3. The molecule has 14 heavy (non-hydrogen) atoms. The molecule has 0 heterocycles. The van der Waals surface area contributed by atoms with E-state index >= 15 is 0 Å². The highest BCUT2D eigenvalue weighted by molar-refractivity contribution is 7.85. The molecule has 1 aromatic carbocycles. The summed E-state index contributed by atoms with van der Waals surface area (Å²) in [6.45, 7) is 1.54. The Kier molecular flexibility index (Phi) is 3.04. The highest BCUT2D eigenvalue weighted by Crippen LogP contribution is 2.29. The predicted octanol–water partition coefficient (Wildman–Crippen LogP) is 1.90. The number of ether oxygens (including phenoxy) is 1. The van der Waals surface area contributed by atoms with Crippen LogP contribution in [0.3, 0.4) is 0 Å². The van der Waals surface area contributed by atoms with Gasteiger partial charge in [0.2, 0.25) is 0 Å². The first-order valence-corrected chi connectivity index (χ1v) is 5.49. The van der Waals surface area contributed by atoms with Gasteiger partial charge in [-0.1, -0.05) is 11.6 Å². The molecule has 0 saturated carbocycles. The SMILES string of the molecule is COc1cc(C)c(S(=O)(=O)O)cc1Cl. The van der Waals surface area contributed by atoms with Crippen LogP contribution in [-0.2, 0) is 10.1 Å². The fourth-order valence-corrected chi connectivity index (χ4v) is 2.11. The summed E-state index contributed by atoms with van der Waals surface area (Å²) in [5.74, 6) is 0.372. The molecule has 0 radical (unpaired) electrons. The maximum absolute atomic E-state index is 10.9. The van der Waals surface area contributed by atoms with Crippen molar-refractivity contribution in [2.75, 3.05) is 7.11 Å². The normalized spacial score (nSPS) is 11.4. The third kappa shape index (κ3) is 2.17. The molecule has 4 nitrogen and oxygen atoms in total. The van der Waals surface area contributed by atoms with Gasteiger partial charge in [0.05, 0.1) is 17.0 Å². The number of hydrogen-bond acceptors (Lipinski definition) is 3. The Morgan fingerprint density at radius 3 is 2.43 bits per heavy atom. The Morgan fingerprint density at radius 2 is 2.00 bits per heavy atom. The van der Waals surface area contributed by atoms with Crippen LogP contribution in [0.2, 0.25) is 5.02 Å². The Hall–Kier alpha value is -0.780. The molecule has 0 saturated heterocycles. The van der Waals surface area contributed by atoms with Gasteiger partial charge in [-0.15, -0.1) is 0 Å². The van der Waals surface area contributed by atoms with Crippen LogP contribution < -0.4 is 4.74 Å². The molecule has 0 bridgehead atoms. The summed E-state index contributed by atoms with van der Waals surface area (Å²) in [5.41, 5.74) is 0.383. The van der Waals surface area contributed by atoms with Crippen LogP contribution in [0.15, 0.2) is 17.0 Å². The van der Waals surface area contributed by atoms with Gasteiger partial charge in [0.1, 0.15) is 5.75 Å². The van der Waals surface area contributed by atoms with E-state index in [-0.39, 0.29) is 9.92 Å². The number of rotatable bonds is 2. The van der Waals surface area contributed by atoms with E-state index in [1.165, 1.54) is 13.2 Å². The molecule has 0 fully saturated rings. The van der Waals surface area contributed by atoms with Crippen molar-refractivity contribution in [3.63, 3.8) is 0 Å². The smallest absolute Gasteiger partial charge is 0.294 e. The average Bonchev–Trinajstić information content (AvgIpc) is 2.06. The van der Waals surface area contributed by atoms with Crippen molar-refractivity contribution in [1.82, 2.24) is 0 Å². The van der Waals surface area contributed by atoms with Gasteiger partial charge in [-0.2, -0.15) is 8.42 Å². The zero-order valence-corrected chi connectivity index (χ0v) is 9.19. The van der Waals surface area contributed by atoms with Gasteiger partial charge in [0.15, 0.2) is 0 Å². The molecule has 0 aromatic heterocycles. The Balaban J connectivity index is 3.44. The van der Waals surface area contributed by atoms with Crippen LogP contribution >= 0.6 is 11.6 Å². The molecule has 0 aliphatic rings. The lowest BCUT2D eigenvalue weighted by atomic mass is 10.2. The van der Waals surface area contributed by atoms with Gasteiger partial charge in [-0.05, 0) is 24.6 Å². The molecule has 1 N–H and O–H groups in total. The molecule has 0 spiro atoms. The second-order valence-corrected chi connectivity index (χ2v) is 4.52. The van der Waals surface area contributed by atoms with Crippen molar-refractivity contribution in [2.45, 2.75) is 11.8 Å². The zero-order chi connectivity index (χ0) is 10.9. The van der Waals surface area contributed by atoms with Gasteiger partial charge in [-0.25, -0.2) is 0 Å². The third-order valence-electron chi connectivity index (χ3n) is 1.73. The zero-order valence-electron chi connectivity index (χ0n) is 7.61. The molecule has 0 amide bonds. The molecule has 78 valence electrons. The van der Waals surface area contributed by atoms with Gasteiger partial charge in [0.25, 0.3) is 10.1 Å². The van der Waals surface area contributed by atoms with Crippen molar-refractivity contribution >= 4 is 21.7 Å². The van der Waals surface area contributed by atoms with Gasteiger partial charge < -0.3 is 4.74 Å². The lowest BCUT2D eigenvalue weighted by Gasteiger charge is -2.07. The monoisotopic (exact) mass is 236 g/mol. The van der Waals surface area contributed by atoms with Crippen molar-refractivity contribution in [3.05, 3.63) is 22.7 Å². The van der Waals surface area contributed by atoms with E-state index in [0.717, 1.165) is 6.07 Å². The highest BCUT2D eigenvalue weighted by atomic mass is 35.5. The molecule has 0 unspecified atom stereocenters. The molecule has 0 aliphatic heterocycles. The lowest BCUT2D eigenvalue weighted by Crippen LogP contribution is -2.01. The quantitative estimate of drug-likeness (QED) is 0.797. The van der Waals surface area contributed by atoms with Gasteiger partial charge in [-0.3, -0.25) is 4.55 Å². The van der Waals surface area contributed by atoms with Crippen molar-refractivity contribution in [3.8, 4) is 5.75 Å². The first-order valence-electron chi connectivity index (χ1n) is 3.68. The van der Waals surface area contributed by atoms with Crippen LogP contribution in [0.1, 0.15) is 5.56 Å². The molecule has 0 aliphatic carbocycles. The molecule has 6 heteroatoms. The Labute approximate surface area is 87.2 Å². The summed E-state index contributed by atoms with van der Waals surface area (Å²) in [6, 6.07) is 2.61. The summed E-state index contributed by atoms with van der Waals surface area (Å²) in [4.78, 5) is -0.205. The Morgan fingerprint density at radius 1 is 1.43 bits per heavy atom. The van der Waals surface area contributed by atoms with E-state index in [9.17, 15) is 8.42 Å². The van der Waals surface area contributed by atoms with E-state index in [4.69, 9.17) is 20.9 Å². The molecule has 1 aromatic rings. The summed E-state index contributed by atoms with van der Waals surface area (Å²) < 4.78 is 35.4. The summed E-state index contributed by atoms with van der Waals surface area (Å²) in [7, 11) is -2.80. The Bertz CT molecular complexity index is 453. The predicted molar refractivity (Wildman–Crippen MR) is 52.6 cm³/mol. The van der Waals surface area contributed by atoms with Gasteiger partial charge in [0, 0.05) is 0 Å². The molecule has 0 atom stereocenters. The minimum absolute atomic E-state index is 0.144. The average molecular weight is 237 g/mol.